The molecule has 0 aromatic heterocycles. The standard InChI is InChI=1S/C15H25NO/c1-12(2)6-4-5-11-16-13(3)14-7-9-15(17)10-8-14/h7-10,12-13,16-17H,4-6,11H2,1-3H3. The van der Waals surface area contributed by atoms with Crippen LogP contribution in [-0.2, 0) is 0 Å². The second-order valence-corrected chi connectivity index (χ2v) is 5.16. The zero-order valence-electron chi connectivity index (χ0n) is 11.2. The van der Waals surface area contributed by atoms with Gasteiger partial charge >= 0.3 is 0 Å². The van der Waals surface area contributed by atoms with Crippen LogP contribution in [0.4, 0.5) is 0 Å². The molecular weight excluding hydrogens is 210 g/mol. The van der Waals surface area contributed by atoms with E-state index in [4.69, 9.17) is 0 Å². The Morgan fingerprint density at radius 1 is 1.06 bits per heavy atom. The lowest BCUT2D eigenvalue weighted by Crippen LogP contribution is -2.19. The maximum Gasteiger partial charge on any atom is 0.115 e. The molecule has 1 unspecified atom stereocenters. The van der Waals surface area contributed by atoms with Gasteiger partial charge in [0, 0.05) is 6.04 Å². The molecule has 0 aliphatic carbocycles. The van der Waals surface area contributed by atoms with Crippen molar-refractivity contribution in [1.29, 1.82) is 0 Å². The number of phenolic OH excluding ortho intramolecular Hbond substituents is 1. The molecule has 0 bridgehead atoms. The summed E-state index contributed by atoms with van der Waals surface area (Å²) in [4.78, 5) is 0. The molecule has 0 spiro atoms. The number of phenols is 1. The summed E-state index contributed by atoms with van der Waals surface area (Å²) in [5.74, 6) is 1.14. The second kappa shape index (κ2) is 7.33. The van der Waals surface area contributed by atoms with Crippen LogP contribution in [0.15, 0.2) is 24.3 Å². The molecule has 1 aromatic rings. The summed E-state index contributed by atoms with van der Waals surface area (Å²) in [7, 11) is 0. The number of rotatable bonds is 7. The Kier molecular flexibility index (Phi) is 6.06. The first kappa shape index (κ1) is 14.0. The number of aromatic hydroxyl groups is 1. The largest absolute Gasteiger partial charge is 0.508 e. The third kappa shape index (κ3) is 5.73. The van der Waals surface area contributed by atoms with Crippen molar-refractivity contribution >= 4 is 0 Å². The van der Waals surface area contributed by atoms with E-state index in [1.54, 1.807) is 12.1 Å². The molecule has 1 rings (SSSR count). The first-order valence-corrected chi connectivity index (χ1v) is 6.62. The number of hydrogen-bond donors (Lipinski definition) is 2. The van der Waals surface area contributed by atoms with Crippen LogP contribution in [-0.4, -0.2) is 11.7 Å². The van der Waals surface area contributed by atoms with Gasteiger partial charge in [0.25, 0.3) is 0 Å². The van der Waals surface area contributed by atoms with Crippen molar-refractivity contribution in [3.63, 3.8) is 0 Å². The van der Waals surface area contributed by atoms with Crippen LogP contribution in [0.2, 0.25) is 0 Å². The topological polar surface area (TPSA) is 32.3 Å². The van der Waals surface area contributed by atoms with Crippen LogP contribution in [0.25, 0.3) is 0 Å². The highest BCUT2D eigenvalue weighted by molar-refractivity contribution is 5.27. The highest BCUT2D eigenvalue weighted by atomic mass is 16.3. The number of benzene rings is 1. The first-order chi connectivity index (χ1) is 8.09. The lowest BCUT2D eigenvalue weighted by atomic mass is 10.1. The smallest absolute Gasteiger partial charge is 0.115 e. The molecule has 0 aliphatic heterocycles. The van der Waals surface area contributed by atoms with Crippen LogP contribution in [0.3, 0.4) is 0 Å². The summed E-state index contributed by atoms with van der Waals surface area (Å²) < 4.78 is 0. The van der Waals surface area contributed by atoms with Crippen molar-refractivity contribution < 1.29 is 5.11 Å². The molecule has 2 N–H and O–H groups in total. The third-order valence-corrected chi connectivity index (χ3v) is 3.05. The van der Waals surface area contributed by atoms with Crippen molar-refractivity contribution in [3.05, 3.63) is 29.8 Å². The molecule has 1 aromatic carbocycles. The van der Waals surface area contributed by atoms with Crippen molar-refractivity contribution in [2.24, 2.45) is 5.92 Å². The quantitative estimate of drug-likeness (QED) is 0.703. The van der Waals surface area contributed by atoms with Crippen molar-refractivity contribution in [1.82, 2.24) is 5.32 Å². The fraction of sp³-hybridized carbons (Fsp3) is 0.600. The van der Waals surface area contributed by atoms with Crippen LogP contribution in [0.1, 0.15) is 51.6 Å². The fourth-order valence-corrected chi connectivity index (χ4v) is 1.88. The molecule has 96 valence electrons. The third-order valence-electron chi connectivity index (χ3n) is 3.05. The molecule has 0 saturated heterocycles. The van der Waals surface area contributed by atoms with Gasteiger partial charge in [0.2, 0.25) is 0 Å². The Bertz CT molecular complexity index is 305. The predicted molar refractivity (Wildman–Crippen MR) is 73.2 cm³/mol. The van der Waals surface area contributed by atoms with E-state index < -0.39 is 0 Å². The van der Waals surface area contributed by atoms with Crippen molar-refractivity contribution in [2.45, 2.75) is 46.1 Å². The second-order valence-electron chi connectivity index (χ2n) is 5.16. The molecule has 1 atom stereocenters. The van der Waals surface area contributed by atoms with E-state index in [1.807, 2.05) is 12.1 Å². The predicted octanol–water partition coefficient (Wildman–Crippen LogP) is 3.87. The molecule has 2 nitrogen and oxygen atoms in total. The summed E-state index contributed by atoms with van der Waals surface area (Å²) in [5.41, 5.74) is 1.23. The zero-order valence-corrected chi connectivity index (χ0v) is 11.2. The van der Waals surface area contributed by atoms with Gasteiger partial charge in [-0.05, 0) is 43.5 Å². The van der Waals surface area contributed by atoms with E-state index in [9.17, 15) is 5.11 Å². The molecule has 0 heterocycles. The lowest BCUT2D eigenvalue weighted by molar-refractivity contribution is 0.473. The normalized spacial score (nSPS) is 12.9. The molecule has 0 radical (unpaired) electrons. The minimum atomic E-state index is 0.331. The van der Waals surface area contributed by atoms with Crippen molar-refractivity contribution in [3.8, 4) is 5.75 Å². The number of hydrogen-bond acceptors (Lipinski definition) is 2. The van der Waals surface area contributed by atoms with Crippen LogP contribution < -0.4 is 5.32 Å². The minimum Gasteiger partial charge on any atom is -0.508 e. The van der Waals surface area contributed by atoms with E-state index >= 15 is 0 Å². The highest BCUT2D eigenvalue weighted by Gasteiger charge is 2.03. The summed E-state index contributed by atoms with van der Waals surface area (Å²) in [6, 6.07) is 7.79. The molecule has 2 heteroatoms. The SMILES string of the molecule is CC(C)CCCCNC(C)c1ccc(O)cc1. The average Bonchev–Trinajstić information content (AvgIpc) is 2.29. The van der Waals surface area contributed by atoms with Gasteiger partial charge in [-0.1, -0.05) is 38.8 Å². The Morgan fingerprint density at radius 2 is 1.71 bits per heavy atom. The summed E-state index contributed by atoms with van der Waals surface area (Å²) >= 11 is 0. The van der Waals surface area contributed by atoms with Gasteiger partial charge in [0.15, 0.2) is 0 Å². The van der Waals surface area contributed by atoms with Crippen LogP contribution >= 0.6 is 0 Å². The Hall–Kier alpha value is -1.02. The molecule has 0 saturated carbocycles. The van der Waals surface area contributed by atoms with Crippen molar-refractivity contribution in [2.75, 3.05) is 6.54 Å². The van der Waals surface area contributed by atoms with Crippen LogP contribution in [0.5, 0.6) is 5.75 Å². The Balaban J connectivity index is 2.21. The van der Waals surface area contributed by atoms with Gasteiger partial charge in [-0.15, -0.1) is 0 Å². The first-order valence-electron chi connectivity index (χ1n) is 6.62. The summed E-state index contributed by atoms with van der Waals surface area (Å²) in [6.07, 6.45) is 3.85. The van der Waals surface area contributed by atoms with Gasteiger partial charge in [0.05, 0.1) is 0 Å². The monoisotopic (exact) mass is 235 g/mol. The maximum absolute atomic E-state index is 9.22. The fourth-order valence-electron chi connectivity index (χ4n) is 1.88. The van der Waals surface area contributed by atoms with Gasteiger partial charge in [0.1, 0.15) is 5.75 Å². The number of unbranched alkanes of at least 4 members (excludes halogenated alkanes) is 1. The van der Waals surface area contributed by atoms with Crippen LogP contribution in [0, 0.1) is 5.92 Å². The minimum absolute atomic E-state index is 0.331. The van der Waals surface area contributed by atoms with Gasteiger partial charge in [-0.25, -0.2) is 0 Å². The van der Waals surface area contributed by atoms with E-state index in [2.05, 4.69) is 26.1 Å². The lowest BCUT2D eigenvalue weighted by Gasteiger charge is -2.14. The van der Waals surface area contributed by atoms with E-state index in [0.29, 0.717) is 11.8 Å². The highest BCUT2D eigenvalue weighted by Crippen LogP contribution is 2.16. The molecular formula is C15H25NO. The van der Waals surface area contributed by atoms with E-state index in [1.165, 1.54) is 24.8 Å². The summed E-state index contributed by atoms with van der Waals surface area (Å²) in [5, 5.41) is 12.7. The Morgan fingerprint density at radius 3 is 2.29 bits per heavy atom. The Labute approximate surface area is 105 Å². The van der Waals surface area contributed by atoms with E-state index in [-0.39, 0.29) is 0 Å². The average molecular weight is 235 g/mol. The van der Waals surface area contributed by atoms with Gasteiger partial charge in [-0.3, -0.25) is 0 Å². The molecule has 17 heavy (non-hydrogen) atoms. The van der Waals surface area contributed by atoms with Gasteiger partial charge < -0.3 is 10.4 Å². The number of nitrogens with one attached hydrogen (secondary N) is 1. The van der Waals surface area contributed by atoms with E-state index in [0.717, 1.165) is 12.5 Å². The molecule has 0 aliphatic rings. The molecule has 0 fully saturated rings. The summed E-state index contributed by atoms with van der Waals surface area (Å²) in [6.45, 7) is 7.77. The zero-order chi connectivity index (χ0) is 12.7. The molecule has 0 amide bonds. The van der Waals surface area contributed by atoms with Gasteiger partial charge in [-0.2, -0.15) is 0 Å². The maximum atomic E-state index is 9.22.